The Hall–Kier alpha value is -5.35. The Balaban J connectivity index is 1.36. The van der Waals surface area contributed by atoms with Crippen molar-refractivity contribution in [2.24, 2.45) is 0 Å². The van der Waals surface area contributed by atoms with Crippen LogP contribution < -0.4 is 0 Å². The molecule has 0 saturated carbocycles. The Kier molecular flexibility index (Phi) is 6.42. The second kappa shape index (κ2) is 10.7. The first-order valence-corrected chi connectivity index (χ1v) is 13.8. The van der Waals surface area contributed by atoms with E-state index in [2.05, 4.69) is 96.0 Å². The van der Waals surface area contributed by atoms with Crippen LogP contribution in [0.3, 0.4) is 0 Å². The summed E-state index contributed by atoms with van der Waals surface area (Å²) in [6.45, 7) is 2.05. The quantitative estimate of drug-likeness (QED) is 0.215. The molecule has 0 aliphatic rings. The van der Waals surface area contributed by atoms with Crippen LogP contribution in [0.15, 0.2) is 138 Å². The minimum absolute atomic E-state index is 0.679. The van der Waals surface area contributed by atoms with E-state index < -0.39 is 0 Å². The lowest BCUT2D eigenvalue weighted by molar-refractivity contribution is 0.538. The maximum atomic E-state index is 5.85. The van der Waals surface area contributed by atoms with E-state index >= 15 is 0 Å². The summed E-state index contributed by atoms with van der Waals surface area (Å²) in [5.74, 6) is 1.42. The zero-order valence-corrected chi connectivity index (χ0v) is 22.7. The van der Waals surface area contributed by atoms with Crippen molar-refractivity contribution in [3.63, 3.8) is 0 Å². The van der Waals surface area contributed by atoms with Gasteiger partial charge in [-0.2, -0.15) is 0 Å². The number of aromatic nitrogens is 3. The summed E-state index contributed by atoms with van der Waals surface area (Å²) < 4.78 is 5.85. The Morgan fingerprint density at radius 3 is 1.71 bits per heavy atom. The average molecular weight is 530 g/mol. The van der Waals surface area contributed by atoms with Crippen molar-refractivity contribution in [2.75, 3.05) is 0 Å². The van der Waals surface area contributed by atoms with Crippen molar-refractivity contribution in [2.45, 2.75) is 13.3 Å². The highest BCUT2D eigenvalue weighted by Crippen LogP contribution is 2.35. The second-order valence-electron chi connectivity index (χ2n) is 9.96. The van der Waals surface area contributed by atoms with Crippen LogP contribution in [0.25, 0.3) is 67.3 Å². The smallest absolute Gasteiger partial charge is 0.195 e. The minimum atomic E-state index is 0.679. The molecule has 0 radical (unpaired) electrons. The fourth-order valence-corrected chi connectivity index (χ4v) is 5.16. The van der Waals surface area contributed by atoms with Crippen LogP contribution >= 0.6 is 0 Å². The van der Waals surface area contributed by atoms with Crippen molar-refractivity contribution in [1.29, 1.82) is 0 Å². The van der Waals surface area contributed by atoms with Gasteiger partial charge in [-0.25, -0.2) is 15.0 Å². The number of benzene rings is 5. The van der Waals surface area contributed by atoms with Gasteiger partial charge in [-0.05, 0) is 40.5 Å². The topological polar surface area (TPSA) is 51.8 Å². The van der Waals surface area contributed by atoms with E-state index in [1.807, 2.05) is 49.4 Å². The number of aryl methyl sites for hydroxylation is 1. The van der Waals surface area contributed by atoms with Gasteiger partial charge in [-0.15, -0.1) is 0 Å². The largest absolute Gasteiger partial charge is 0.441 e. The number of nitrogens with zero attached hydrogens (tertiary/aromatic N) is 3. The van der Waals surface area contributed by atoms with Crippen molar-refractivity contribution in [1.82, 2.24) is 15.0 Å². The molecule has 7 rings (SSSR count). The van der Waals surface area contributed by atoms with E-state index in [9.17, 15) is 0 Å². The summed E-state index contributed by atoms with van der Waals surface area (Å²) in [7, 11) is 0. The molecular weight excluding hydrogens is 502 g/mol. The molecule has 0 unspecified atom stereocenters. The molecule has 2 heterocycles. The monoisotopic (exact) mass is 529 g/mol. The van der Waals surface area contributed by atoms with Gasteiger partial charge < -0.3 is 4.42 Å². The third-order valence-corrected chi connectivity index (χ3v) is 7.30. The molecule has 0 aliphatic heterocycles. The highest BCUT2D eigenvalue weighted by molar-refractivity contribution is 5.87. The molecule has 4 nitrogen and oxygen atoms in total. The highest BCUT2D eigenvalue weighted by Gasteiger charge is 2.15. The number of rotatable bonds is 6. The highest BCUT2D eigenvalue weighted by atomic mass is 16.3. The van der Waals surface area contributed by atoms with Crippen molar-refractivity contribution in [3.05, 3.63) is 139 Å². The molecule has 0 fully saturated rings. The fraction of sp³-hybridized carbons (Fsp3) is 0.0541. The molecule has 41 heavy (non-hydrogen) atoms. The lowest BCUT2D eigenvalue weighted by atomic mass is 9.98. The van der Waals surface area contributed by atoms with Crippen molar-refractivity contribution < 1.29 is 4.42 Å². The van der Waals surface area contributed by atoms with Crippen LogP contribution in [0.2, 0.25) is 0 Å². The SMILES string of the molecule is CCc1nc2cc(-c3ccccc3-c3nc(-c4ccccc4)cc(-c4ccc(-c5ccccc5)cc4)n3)ccc2o1. The maximum absolute atomic E-state index is 5.85. The Bertz CT molecular complexity index is 1960. The zero-order valence-electron chi connectivity index (χ0n) is 22.7. The first-order valence-electron chi connectivity index (χ1n) is 13.8. The molecule has 2 aromatic heterocycles. The van der Waals surface area contributed by atoms with E-state index in [0.29, 0.717) is 5.82 Å². The first-order chi connectivity index (χ1) is 20.2. The number of hydrogen-bond donors (Lipinski definition) is 0. The number of oxazole rings is 1. The Morgan fingerprint density at radius 1 is 0.488 bits per heavy atom. The molecule has 4 heteroatoms. The summed E-state index contributed by atoms with van der Waals surface area (Å²) in [6, 6.07) is 45.8. The van der Waals surface area contributed by atoms with Crippen molar-refractivity contribution >= 4 is 11.1 Å². The molecular formula is C37H27N3O. The lowest BCUT2D eigenvalue weighted by Crippen LogP contribution is -1.97. The summed E-state index contributed by atoms with van der Waals surface area (Å²) in [4.78, 5) is 14.9. The molecule has 0 amide bonds. The van der Waals surface area contributed by atoms with E-state index in [0.717, 1.165) is 62.6 Å². The van der Waals surface area contributed by atoms with Crippen LogP contribution in [0.5, 0.6) is 0 Å². The molecule has 0 N–H and O–H groups in total. The molecule has 0 aliphatic carbocycles. The van der Waals surface area contributed by atoms with Gasteiger partial charge in [0.05, 0.1) is 11.4 Å². The van der Waals surface area contributed by atoms with Crippen LogP contribution in [-0.2, 0) is 6.42 Å². The first kappa shape index (κ1) is 24.7. The zero-order chi connectivity index (χ0) is 27.6. The van der Waals surface area contributed by atoms with Gasteiger partial charge in [0.1, 0.15) is 5.52 Å². The van der Waals surface area contributed by atoms with Gasteiger partial charge in [0.15, 0.2) is 17.3 Å². The van der Waals surface area contributed by atoms with Crippen LogP contribution in [0.4, 0.5) is 0 Å². The van der Waals surface area contributed by atoms with Crippen LogP contribution in [0.1, 0.15) is 12.8 Å². The molecule has 196 valence electrons. The lowest BCUT2D eigenvalue weighted by Gasteiger charge is -2.13. The van der Waals surface area contributed by atoms with Gasteiger partial charge in [0.2, 0.25) is 0 Å². The molecule has 5 aromatic carbocycles. The third-order valence-electron chi connectivity index (χ3n) is 7.30. The van der Waals surface area contributed by atoms with Gasteiger partial charge in [0, 0.05) is 23.1 Å². The van der Waals surface area contributed by atoms with Crippen molar-refractivity contribution in [3.8, 4) is 56.2 Å². The van der Waals surface area contributed by atoms with E-state index in [-0.39, 0.29) is 0 Å². The standard InChI is InChI=1S/C37H27N3O/c1-2-36-38-34-23-29(21-22-35(34)41-36)30-15-9-10-16-31(30)37-39-32(27-13-7-4-8-14-27)24-33(40-37)28-19-17-26(18-20-28)25-11-5-3-6-12-25/h3-24H,2H2,1H3. The van der Waals surface area contributed by atoms with Gasteiger partial charge in [-0.3, -0.25) is 0 Å². The number of fused-ring (bicyclic) bond motifs is 1. The van der Waals surface area contributed by atoms with E-state index in [1.54, 1.807) is 0 Å². The van der Waals surface area contributed by atoms with E-state index in [4.69, 9.17) is 14.4 Å². The third kappa shape index (κ3) is 4.92. The summed E-state index contributed by atoms with van der Waals surface area (Å²) in [6.07, 6.45) is 0.760. The molecule has 0 bridgehead atoms. The van der Waals surface area contributed by atoms with Gasteiger partial charge in [-0.1, -0.05) is 122 Å². The molecule has 0 atom stereocenters. The predicted molar refractivity (Wildman–Crippen MR) is 166 cm³/mol. The summed E-state index contributed by atoms with van der Waals surface area (Å²) in [5, 5.41) is 0. The molecule has 0 spiro atoms. The minimum Gasteiger partial charge on any atom is -0.441 e. The van der Waals surface area contributed by atoms with Gasteiger partial charge >= 0.3 is 0 Å². The maximum Gasteiger partial charge on any atom is 0.195 e. The second-order valence-corrected chi connectivity index (χ2v) is 9.96. The summed E-state index contributed by atoms with van der Waals surface area (Å²) in [5.41, 5.74) is 10.9. The molecule has 0 saturated heterocycles. The Labute approximate surface area is 239 Å². The predicted octanol–water partition coefficient (Wildman–Crippen LogP) is 9.52. The van der Waals surface area contributed by atoms with E-state index in [1.165, 1.54) is 11.1 Å². The average Bonchev–Trinajstić information content (AvgIpc) is 3.48. The summed E-state index contributed by atoms with van der Waals surface area (Å²) >= 11 is 0. The fourth-order valence-electron chi connectivity index (χ4n) is 5.16. The normalized spacial score (nSPS) is 11.1. The number of hydrogen-bond acceptors (Lipinski definition) is 4. The van der Waals surface area contributed by atoms with Gasteiger partial charge in [0.25, 0.3) is 0 Å². The van der Waals surface area contributed by atoms with Crippen LogP contribution in [-0.4, -0.2) is 15.0 Å². The van der Waals surface area contributed by atoms with Crippen LogP contribution in [0, 0.1) is 0 Å². The Morgan fingerprint density at radius 2 is 1.02 bits per heavy atom. The molecule has 7 aromatic rings.